The van der Waals surface area contributed by atoms with E-state index >= 15 is 0 Å². The van der Waals surface area contributed by atoms with E-state index < -0.39 is 21.4 Å². The van der Waals surface area contributed by atoms with Gasteiger partial charge in [0.1, 0.15) is 0 Å². The van der Waals surface area contributed by atoms with Crippen LogP contribution in [0.4, 0.5) is 5.69 Å². The van der Waals surface area contributed by atoms with E-state index in [1.165, 1.54) is 6.07 Å². The van der Waals surface area contributed by atoms with Crippen molar-refractivity contribution in [3.63, 3.8) is 0 Å². The number of benzene rings is 2. The van der Waals surface area contributed by atoms with E-state index in [0.29, 0.717) is 41.4 Å². The van der Waals surface area contributed by atoms with Crippen LogP contribution in [0.5, 0.6) is 0 Å². The third kappa shape index (κ3) is 2.97. The molecule has 0 saturated heterocycles. The van der Waals surface area contributed by atoms with Gasteiger partial charge in [0.05, 0.1) is 16.0 Å². The summed E-state index contributed by atoms with van der Waals surface area (Å²) < 4.78 is 28.5. The van der Waals surface area contributed by atoms with Crippen LogP contribution in [0.15, 0.2) is 35.2 Å². The van der Waals surface area contributed by atoms with Crippen molar-refractivity contribution in [1.29, 1.82) is 0 Å². The Morgan fingerprint density at radius 1 is 1.14 bits per heavy atom. The van der Waals surface area contributed by atoms with E-state index in [-0.39, 0.29) is 17.3 Å². The summed E-state index contributed by atoms with van der Waals surface area (Å²) in [4.78, 5) is 25.9. The van der Waals surface area contributed by atoms with Gasteiger partial charge in [-0.3, -0.25) is 9.59 Å². The molecule has 7 nitrogen and oxygen atoms in total. The predicted octanol–water partition coefficient (Wildman–Crippen LogP) is 2.99. The Labute approximate surface area is 164 Å². The van der Waals surface area contributed by atoms with E-state index in [1.807, 2.05) is 6.92 Å². The Balaban J connectivity index is 2.07. The minimum absolute atomic E-state index is 0.0466. The van der Waals surface area contributed by atoms with E-state index in [0.717, 1.165) is 0 Å². The molecule has 28 heavy (non-hydrogen) atoms. The maximum absolute atomic E-state index is 13.0. The zero-order valence-corrected chi connectivity index (χ0v) is 17.0. The first kappa shape index (κ1) is 20.3. The first-order chi connectivity index (χ1) is 13.2. The van der Waals surface area contributed by atoms with Gasteiger partial charge in [-0.2, -0.15) is 0 Å². The van der Waals surface area contributed by atoms with E-state index in [1.54, 1.807) is 43.0 Å². The number of carbonyl (C=O) groups is 2. The third-order valence-electron chi connectivity index (χ3n) is 5.76. The van der Waals surface area contributed by atoms with Crippen molar-refractivity contribution in [3.05, 3.63) is 35.9 Å². The Morgan fingerprint density at radius 2 is 1.82 bits per heavy atom. The number of nitrogens with zero attached hydrogens (tertiary/aromatic N) is 1. The number of nitrogens with one attached hydrogen (secondary N) is 1. The predicted molar refractivity (Wildman–Crippen MR) is 107 cm³/mol. The Hall–Kier alpha value is -2.45. The molecule has 0 radical (unpaired) electrons. The molecule has 3 rings (SSSR count). The van der Waals surface area contributed by atoms with Crippen molar-refractivity contribution in [2.75, 3.05) is 18.0 Å². The minimum atomic E-state index is -3.96. The molecule has 1 aliphatic rings. The number of sulfonamides is 1. The van der Waals surface area contributed by atoms with Gasteiger partial charge in [-0.1, -0.05) is 26.0 Å². The third-order valence-corrected chi connectivity index (χ3v) is 7.22. The molecule has 0 aromatic heterocycles. The average Bonchev–Trinajstić information content (AvgIpc) is 2.96. The molecule has 0 aliphatic carbocycles. The standard InChI is InChI=1S/C20H24N2O5S/c1-4-20(5-2,19(24)25)12-21-28(26,27)16-11-10-15-17-13(16)8-7-9-14(17)18(23)22(15)6-3/h7-11,21H,4-6,12H2,1-3H3,(H,24,25). The molecule has 1 aliphatic heterocycles. The van der Waals surface area contributed by atoms with Crippen molar-refractivity contribution < 1.29 is 23.1 Å². The van der Waals surface area contributed by atoms with Gasteiger partial charge >= 0.3 is 5.97 Å². The molecule has 0 spiro atoms. The number of hydrogen-bond acceptors (Lipinski definition) is 4. The molecule has 2 aromatic carbocycles. The normalized spacial score (nSPS) is 14.1. The van der Waals surface area contributed by atoms with Crippen LogP contribution in [-0.4, -0.2) is 38.5 Å². The van der Waals surface area contributed by atoms with Crippen molar-refractivity contribution in [2.45, 2.75) is 38.5 Å². The van der Waals surface area contributed by atoms with Crippen molar-refractivity contribution >= 4 is 38.4 Å². The molecule has 8 heteroatoms. The first-order valence-electron chi connectivity index (χ1n) is 9.33. The Kier molecular flexibility index (Phi) is 5.20. The molecule has 0 bridgehead atoms. The van der Waals surface area contributed by atoms with Gasteiger partial charge in [0.25, 0.3) is 5.91 Å². The van der Waals surface area contributed by atoms with Crippen LogP contribution in [0.1, 0.15) is 44.0 Å². The molecule has 150 valence electrons. The maximum atomic E-state index is 13.0. The number of rotatable bonds is 8. The van der Waals surface area contributed by atoms with Crippen LogP contribution < -0.4 is 9.62 Å². The summed E-state index contributed by atoms with van der Waals surface area (Å²) in [6, 6.07) is 8.14. The lowest BCUT2D eigenvalue weighted by molar-refractivity contribution is -0.149. The highest BCUT2D eigenvalue weighted by Gasteiger charge is 2.37. The lowest BCUT2D eigenvalue weighted by Gasteiger charge is -2.27. The highest BCUT2D eigenvalue weighted by atomic mass is 32.2. The molecule has 0 unspecified atom stereocenters. The SMILES string of the molecule is CCN1C(=O)c2cccc3c(S(=O)(=O)NCC(CC)(CC)C(=O)O)ccc1c23. The zero-order chi connectivity index (χ0) is 20.7. The highest BCUT2D eigenvalue weighted by Crippen LogP contribution is 2.40. The monoisotopic (exact) mass is 404 g/mol. The Bertz CT molecular complexity index is 1060. The highest BCUT2D eigenvalue weighted by molar-refractivity contribution is 7.89. The molecular weight excluding hydrogens is 380 g/mol. The molecule has 2 aromatic rings. The number of carboxylic acids is 1. The number of carbonyl (C=O) groups excluding carboxylic acids is 1. The van der Waals surface area contributed by atoms with Crippen molar-refractivity contribution in [3.8, 4) is 0 Å². The van der Waals surface area contributed by atoms with Crippen molar-refractivity contribution in [2.24, 2.45) is 5.41 Å². The second-order valence-corrected chi connectivity index (χ2v) is 8.71. The first-order valence-corrected chi connectivity index (χ1v) is 10.8. The van der Waals surface area contributed by atoms with Gasteiger partial charge in [-0.25, -0.2) is 13.1 Å². The quantitative estimate of drug-likeness (QED) is 0.704. The summed E-state index contributed by atoms with van der Waals surface area (Å²) in [6.45, 7) is 5.62. The lowest BCUT2D eigenvalue weighted by Crippen LogP contribution is -2.42. The summed E-state index contributed by atoms with van der Waals surface area (Å²) in [6.07, 6.45) is 0.621. The number of anilines is 1. The molecule has 0 saturated carbocycles. The van der Waals surface area contributed by atoms with Crippen molar-refractivity contribution in [1.82, 2.24) is 4.72 Å². The Morgan fingerprint density at radius 3 is 2.39 bits per heavy atom. The largest absolute Gasteiger partial charge is 0.481 e. The smallest absolute Gasteiger partial charge is 0.310 e. The average molecular weight is 404 g/mol. The van der Waals surface area contributed by atoms with E-state index in [2.05, 4.69) is 4.72 Å². The van der Waals surface area contributed by atoms with Crippen LogP contribution in [0.2, 0.25) is 0 Å². The molecule has 0 atom stereocenters. The van der Waals surface area contributed by atoms with Crippen LogP contribution >= 0.6 is 0 Å². The second kappa shape index (κ2) is 7.18. The summed E-state index contributed by atoms with van der Waals surface area (Å²) in [7, 11) is -3.96. The van der Waals surface area contributed by atoms with Gasteiger partial charge in [-0.15, -0.1) is 0 Å². The fourth-order valence-electron chi connectivity index (χ4n) is 3.76. The van der Waals surface area contributed by atoms with Gasteiger partial charge in [0.15, 0.2) is 0 Å². The summed E-state index contributed by atoms with van der Waals surface area (Å²) in [5.74, 6) is -1.17. The molecule has 0 fully saturated rings. The molecular formula is C20H24N2O5S. The molecule has 1 heterocycles. The molecule has 1 amide bonds. The van der Waals surface area contributed by atoms with Gasteiger partial charge in [-0.05, 0) is 38.0 Å². The summed E-state index contributed by atoms with van der Waals surface area (Å²) in [5.41, 5.74) is 0.0177. The fourth-order valence-corrected chi connectivity index (χ4v) is 5.09. The van der Waals surface area contributed by atoms with Crippen LogP contribution in [0.3, 0.4) is 0 Å². The zero-order valence-electron chi connectivity index (χ0n) is 16.2. The molecule has 2 N–H and O–H groups in total. The maximum Gasteiger partial charge on any atom is 0.310 e. The second-order valence-electron chi connectivity index (χ2n) is 6.98. The van der Waals surface area contributed by atoms with Gasteiger partial charge < -0.3 is 10.0 Å². The van der Waals surface area contributed by atoms with E-state index in [9.17, 15) is 23.1 Å². The van der Waals surface area contributed by atoms with Crippen LogP contribution in [0.25, 0.3) is 10.8 Å². The summed E-state index contributed by atoms with van der Waals surface area (Å²) in [5, 5.41) is 10.6. The minimum Gasteiger partial charge on any atom is -0.481 e. The van der Waals surface area contributed by atoms with E-state index in [4.69, 9.17) is 0 Å². The van der Waals surface area contributed by atoms with Gasteiger partial charge in [0.2, 0.25) is 10.0 Å². The summed E-state index contributed by atoms with van der Waals surface area (Å²) >= 11 is 0. The van der Waals surface area contributed by atoms with Crippen LogP contribution in [0, 0.1) is 5.41 Å². The number of carboxylic acid groups (broad SMARTS) is 1. The topological polar surface area (TPSA) is 104 Å². The number of aliphatic carboxylic acids is 1. The van der Waals surface area contributed by atoms with Gasteiger partial charge in [0, 0.05) is 29.4 Å². The fraction of sp³-hybridized carbons (Fsp3) is 0.400. The number of hydrogen-bond donors (Lipinski definition) is 2. The lowest BCUT2D eigenvalue weighted by atomic mass is 9.83. The number of amides is 1. The van der Waals surface area contributed by atoms with Crippen LogP contribution in [-0.2, 0) is 14.8 Å².